The van der Waals surface area contributed by atoms with Gasteiger partial charge in [-0.25, -0.2) is 0 Å². The standard InChI is InChI=1S/C25H24N2O4/c1-30-19-13-11-17(12-14-19)22(27-16-18-7-3-4-8-20(18)25(27)29)15-24(28)26-21-9-5-6-10-23(21)31-2/h3-14,22H,15-16H2,1-2H3,(H,26,28)/t22-/m1/s1. The molecule has 0 saturated heterocycles. The summed E-state index contributed by atoms with van der Waals surface area (Å²) in [7, 11) is 3.17. The third-order valence-corrected chi connectivity index (χ3v) is 5.49. The van der Waals surface area contributed by atoms with Crippen LogP contribution in [0.2, 0.25) is 0 Å². The molecular weight excluding hydrogens is 392 g/mol. The Bertz CT molecular complexity index is 1090. The molecule has 0 aliphatic carbocycles. The fraction of sp³-hybridized carbons (Fsp3) is 0.200. The van der Waals surface area contributed by atoms with E-state index in [0.29, 0.717) is 23.5 Å². The van der Waals surface area contributed by atoms with Crippen LogP contribution in [-0.2, 0) is 11.3 Å². The molecule has 0 aromatic heterocycles. The lowest BCUT2D eigenvalue weighted by molar-refractivity contribution is -0.117. The molecule has 4 rings (SSSR count). The Balaban J connectivity index is 1.61. The Labute approximate surface area is 181 Å². The minimum absolute atomic E-state index is 0.0680. The molecule has 6 heteroatoms. The summed E-state index contributed by atoms with van der Waals surface area (Å²) in [5, 5.41) is 2.92. The smallest absolute Gasteiger partial charge is 0.255 e. The number of para-hydroxylation sites is 2. The van der Waals surface area contributed by atoms with Gasteiger partial charge in [-0.2, -0.15) is 0 Å². The first kappa shape index (κ1) is 20.5. The number of nitrogens with zero attached hydrogens (tertiary/aromatic N) is 1. The normalized spacial score (nSPS) is 13.5. The lowest BCUT2D eigenvalue weighted by atomic mass is 10.0. The lowest BCUT2D eigenvalue weighted by Gasteiger charge is -2.28. The first-order valence-electron chi connectivity index (χ1n) is 10.1. The number of fused-ring (bicyclic) bond motifs is 1. The van der Waals surface area contributed by atoms with Crippen molar-refractivity contribution in [2.24, 2.45) is 0 Å². The molecule has 0 unspecified atom stereocenters. The van der Waals surface area contributed by atoms with Crippen LogP contribution in [0, 0.1) is 0 Å². The molecule has 31 heavy (non-hydrogen) atoms. The van der Waals surface area contributed by atoms with Crippen LogP contribution in [-0.4, -0.2) is 30.9 Å². The molecule has 1 heterocycles. The number of hydrogen-bond acceptors (Lipinski definition) is 4. The molecule has 1 N–H and O–H groups in total. The molecule has 0 bridgehead atoms. The maximum atomic E-state index is 13.1. The van der Waals surface area contributed by atoms with E-state index in [0.717, 1.165) is 16.9 Å². The van der Waals surface area contributed by atoms with E-state index in [4.69, 9.17) is 9.47 Å². The van der Waals surface area contributed by atoms with Gasteiger partial charge in [0.05, 0.1) is 32.4 Å². The van der Waals surface area contributed by atoms with E-state index >= 15 is 0 Å². The fourth-order valence-corrected chi connectivity index (χ4v) is 3.89. The zero-order chi connectivity index (χ0) is 21.8. The number of anilines is 1. The maximum Gasteiger partial charge on any atom is 0.255 e. The van der Waals surface area contributed by atoms with Gasteiger partial charge in [-0.1, -0.05) is 42.5 Å². The van der Waals surface area contributed by atoms with Gasteiger partial charge < -0.3 is 19.7 Å². The third kappa shape index (κ3) is 4.23. The molecule has 1 atom stereocenters. The van der Waals surface area contributed by atoms with Crippen molar-refractivity contribution in [2.75, 3.05) is 19.5 Å². The summed E-state index contributed by atoms with van der Waals surface area (Å²) >= 11 is 0. The van der Waals surface area contributed by atoms with Crippen LogP contribution < -0.4 is 14.8 Å². The van der Waals surface area contributed by atoms with Crippen molar-refractivity contribution in [3.63, 3.8) is 0 Å². The fourth-order valence-electron chi connectivity index (χ4n) is 3.89. The number of methoxy groups -OCH3 is 2. The monoisotopic (exact) mass is 416 g/mol. The third-order valence-electron chi connectivity index (χ3n) is 5.49. The first-order valence-corrected chi connectivity index (χ1v) is 10.1. The highest BCUT2D eigenvalue weighted by molar-refractivity contribution is 5.99. The minimum Gasteiger partial charge on any atom is -0.497 e. The highest BCUT2D eigenvalue weighted by atomic mass is 16.5. The predicted molar refractivity (Wildman–Crippen MR) is 118 cm³/mol. The number of benzene rings is 3. The van der Waals surface area contributed by atoms with E-state index in [-0.39, 0.29) is 18.2 Å². The number of carbonyl (C=O) groups excluding carboxylic acids is 2. The van der Waals surface area contributed by atoms with Crippen LogP contribution >= 0.6 is 0 Å². The van der Waals surface area contributed by atoms with Crippen molar-refractivity contribution in [3.8, 4) is 11.5 Å². The molecule has 1 aliphatic heterocycles. The van der Waals surface area contributed by atoms with E-state index in [1.54, 1.807) is 31.3 Å². The maximum absolute atomic E-state index is 13.1. The summed E-state index contributed by atoms with van der Waals surface area (Å²) < 4.78 is 10.6. The number of carbonyl (C=O) groups is 2. The molecule has 6 nitrogen and oxygen atoms in total. The van der Waals surface area contributed by atoms with Gasteiger partial charge in [0.15, 0.2) is 0 Å². The number of rotatable bonds is 7. The second kappa shape index (κ2) is 8.92. The molecule has 1 aliphatic rings. The second-order valence-electron chi connectivity index (χ2n) is 7.33. The van der Waals surface area contributed by atoms with E-state index in [9.17, 15) is 9.59 Å². The van der Waals surface area contributed by atoms with Gasteiger partial charge in [0.2, 0.25) is 5.91 Å². The zero-order valence-corrected chi connectivity index (χ0v) is 17.5. The average molecular weight is 416 g/mol. The summed E-state index contributed by atoms with van der Waals surface area (Å²) in [5.41, 5.74) is 3.12. The molecule has 0 spiro atoms. The van der Waals surface area contributed by atoms with Crippen molar-refractivity contribution >= 4 is 17.5 Å². The van der Waals surface area contributed by atoms with Crippen LogP contribution in [0.4, 0.5) is 5.69 Å². The Morgan fingerprint density at radius 2 is 1.68 bits per heavy atom. The SMILES string of the molecule is COc1ccc([C@@H](CC(=O)Nc2ccccc2OC)N2Cc3ccccc3C2=O)cc1. The van der Waals surface area contributed by atoms with Gasteiger partial charge in [-0.05, 0) is 41.5 Å². The van der Waals surface area contributed by atoms with Crippen LogP contribution in [0.5, 0.6) is 11.5 Å². The molecule has 3 aromatic carbocycles. The van der Waals surface area contributed by atoms with E-state index in [1.165, 1.54) is 0 Å². The van der Waals surface area contributed by atoms with Crippen molar-refractivity contribution < 1.29 is 19.1 Å². The average Bonchev–Trinajstić information content (AvgIpc) is 3.14. The van der Waals surface area contributed by atoms with Crippen molar-refractivity contribution in [2.45, 2.75) is 19.0 Å². The minimum atomic E-state index is -0.416. The predicted octanol–water partition coefficient (Wildman–Crippen LogP) is 4.43. The molecule has 0 saturated carbocycles. The van der Waals surface area contributed by atoms with Crippen molar-refractivity contribution in [1.29, 1.82) is 0 Å². The van der Waals surface area contributed by atoms with Gasteiger partial charge in [-0.3, -0.25) is 9.59 Å². The van der Waals surface area contributed by atoms with Gasteiger partial charge in [0.1, 0.15) is 11.5 Å². The molecule has 3 aromatic rings. The number of hydrogen-bond donors (Lipinski definition) is 1. The number of amides is 2. The van der Waals surface area contributed by atoms with E-state index < -0.39 is 6.04 Å². The Hall–Kier alpha value is -3.80. The first-order chi connectivity index (χ1) is 15.1. The quantitative estimate of drug-likeness (QED) is 0.619. The van der Waals surface area contributed by atoms with Crippen LogP contribution in [0.1, 0.15) is 33.9 Å². The van der Waals surface area contributed by atoms with E-state index in [2.05, 4.69) is 5.32 Å². The van der Waals surface area contributed by atoms with Crippen LogP contribution in [0.15, 0.2) is 72.8 Å². The van der Waals surface area contributed by atoms with Crippen molar-refractivity contribution in [3.05, 3.63) is 89.5 Å². The second-order valence-corrected chi connectivity index (χ2v) is 7.33. The van der Waals surface area contributed by atoms with Gasteiger partial charge in [0.25, 0.3) is 5.91 Å². The van der Waals surface area contributed by atoms with Gasteiger partial charge >= 0.3 is 0 Å². The molecule has 158 valence electrons. The summed E-state index contributed by atoms with van der Waals surface area (Å²) in [6.45, 7) is 0.466. The zero-order valence-electron chi connectivity index (χ0n) is 17.5. The van der Waals surface area contributed by atoms with Crippen molar-refractivity contribution in [1.82, 2.24) is 4.90 Å². The summed E-state index contributed by atoms with van der Waals surface area (Å²) in [6.07, 6.45) is 0.115. The lowest BCUT2D eigenvalue weighted by Crippen LogP contribution is -2.32. The molecule has 0 radical (unpaired) electrons. The molecule has 0 fully saturated rings. The number of nitrogens with one attached hydrogen (secondary N) is 1. The van der Waals surface area contributed by atoms with Gasteiger partial charge in [0, 0.05) is 12.1 Å². The topological polar surface area (TPSA) is 67.9 Å². The molecular formula is C25H24N2O4. The van der Waals surface area contributed by atoms with Crippen LogP contribution in [0.3, 0.4) is 0 Å². The highest BCUT2D eigenvalue weighted by Crippen LogP contribution is 2.34. The van der Waals surface area contributed by atoms with E-state index in [1.807, 2.05) is 60.7 Å². The summed E-state index contributed by atoms with van der Waals surface area (Å²) in [4.78, 5) is 27.9. The Morgan fingerprint density at radius 1 is 0.968 bits per heavy atom. The largest absolute Gasteiger partial charge is 0.497 e. The Kier molecular flexibility index (Phi) is 5.89. The highest BCUT2D eigenvalue weighted by Gasteiger charge is 2.34. The molecule has 2 amide bonds. The Morgan fingerprint density at radius 3 is 2.39 bits per heavy atom. The van der Waals surface area contributed by atoms with Gasteiger partial charge in [-0.15, -0.1) is 0 Å². The number of ether oxygens (including phenoxy) is 2. The van der Waals surface area contributed by atoms with Crippen LogP contribution in [0.25, 0.3) is 0 Å². The summed E-state index contributed by atoms with van der Waals surface area (Å²) in [5.74, 6) is 1.04. The summed E-state index contributed by atoms with van der Waals surface area (Å²) in [6, 6.07) is 21.9.